The first-order valence-electron chi connectivity index (χ1n) is 8.35. The first-order chi connectivity index (χ1) is 10.6. The second-order valence-electron chi connectivity index (χ2n) is 6.42. The molecule has 1 saturated heterocycles. The summed E-state index contributed by atoms with van der Waals surface area (Å²) in [5, 5.41) is 0. The van der Waals surface area contributed by atoms with Gasteiger partial charge in [-0.3, -0.25) is 9.69 Å². The highest BCUT2D eigenvalue weighted by atomic mass is 16.2. The van der Waals surface area contributed by atoms with Crippen LogP contribution < -0.4 is 0 Å². The van der Waals surface area contributed by atoms with Crippen LogP contribution in [0.15, 0.2) is 24.3 Å². The fraction of sp³-hybridized carbons (Fsp3) is 0.611. The number of nitrogens with zero attached hydrogens (tertiary/aromatic N) is 3. The summed E-state index contributed by atoms with van der Waals surface area (Å²) >= 11 is 0. The number of piperazine rings is 1. The van der Waals surface area contributed by atoms with Gasteiger partial charge >= 0.3 is 0 Å². The zero-order chi connectivity index (χ0) is 15.9. The number of carbonyl (C=O) groups is 1. The third-order valence-corrected chi connectivity index (χ3v) is 4.19. The molecule has 1 heterocycles. The predicted octanol–water partition coefficient (Wildman–Crippen LogP) is 2.31. The van der Waals surface area contributed by atoms with Gasteiger partial charge in [-0.1, -0.05) is 25.5 Å². The van der Waals surface area contributed by atoms with Crippen molar-refractivity contribution in [2.75, 3.05) is 46.8 Å². The Kier molecular flexibility index (Phi) is 6.40. The minimum atomic E-state index is 0.173. The van der Waals surface area contributed by atoms with Crippen LogP contribution in [0.5, 0.6) is 0 Å². The van der Waals surface area contributed by atoms with E-state index in [1.807, 2.05) is 17.0 Å². The summed E-state index contributed by atoms with van der Waals surface area (Å²) in [6.45, 7) is 8.00. The van der Waals surface area contributed by atoms with Gasteiger partial charge in [0.1, 0.15) is 0 Å². The third-order valence-electron chi connectivity index (χ3n) is 4.19. The number of carbonyl (C=O) groups excluding carboxylic acids is 1. The fourth-order valence-corrected chi connectivity index (χ4v) is 2.86. The Morgan fingerprint density at radius 2 is 1.73 bits per heavy atom. The van der Waals surface area contributed by atoms with Crippen LogP contribution in [0.2, 0.25) is 0 Å². The Morgan fingerprint density at radius 1 is 1.09 bits per heavy atom. The van der Waals surface area contributed by atoms with Crippen molar-refractivity contribution in [1.29, 1.82) is 0 Å². The van der Waals surface area contributed by atoms with Gasteiger partial charge < -0.3 is 9.80 Å². The molecule has 1 aliphatic heterocycles. The van der Waals surface area contributed by atoms with Crippen LogP contribution in [0.4, 0.5) is 0 Å². The molecular formula is C18H29N3O. The SMILES string of the molecule is CCCCN1CCN(C(=O)c2ccc(CN(C)C)cc2)CC1. The summed E-state index contributed by atoms with van der Waals surface area (Å²) in [6.07, 6.45) is 2.49. The molecule has 4 nitrogen and oxygen atoms in total. The molecule has 0 atom stereocenters. The quantitative estimate of drug-likeness (QED) is 0.807. The lowest BCUT2D eigenvalue weighted by Gasteiger charge is -2.34. The summed E-state index contributed by atoms with van der Waals surface area (Å²) < 4.78 is 0. The summed E-state index contributed by atoms with van der Waals surface area (Å²) in [5.41, 5.74) is 2.05. The molecule has 122 valence electrons. The number of amides is 1. The lowest BCUT2D eigenvalue weighted by atomic mass is 10.1. The summed E-state index contributed by atoms with van der Waals surface area (Å²) in [7, 11) is 4.11. The second kappa shape index (κ2) is 8.30. The van der Waals surface area contributed by atoms with Crippen molar-refractivity contribution < 1.29 is 4.79 Å². The van der Waals surface area contributed by atoms with Crippen LogP contribution in [0.1, 0.15) is 35.7 Å². The zero-order valence-electron chi connectivity index (χ0n) is 14.2. The van der Waals surface area contributed by atoms with E-state index in [0.717, 1.165) is 44.8 Å². The Morgan fingerprint density at radius 3 is 2.27 bits per heavy atom. The Bertz CT molecular complexity index is 462. The van der Waals surface area contributed by atoms with Gasteiger partial charge in [-0.15, -0.1) is 0 Å². The normalized spacial score (nSPS) is 16.3. The molecule has 0 aromatic heterocycles. The van der Waals surface area contributed by atoms with E-state index in [1.54, 1.807) is 0 Å². The van der Waals surface area contributed by atoms with Crippen molar-refractivity contribution in [3.8, 4) is 0 Å². The molecule has 22 heavy (non-hydrogen) atoms. The lowest BCUT2D eigenvalue weighted by Crippen LogP contribution is -2.48. The highest BCUT2D eigenvalue weighted by Crippen LogP contribution is 2.11. The van der Waals surface area contributed by atoms with E-state index in [1.165, 1.54) is 18.4 Å². The molecule has 1 aliphatic rings. The van der Waals surface area contributed by atoms with Crippen LogP contribution in [-0.4, -0.2) is 67.4 Å². The maximum Gasteiger partial charge on any atom is 0.253 e. The first kappa shape index (κ1) is 17.0. The van der Waals surface area contributed by atoms with E-state index in [0.29, 0.717) is 0 Å². The van der Waals surface area contributed by atoms with Crippen molar-refractivity contribution >= 4 is 5.91 Å². The van der Waals surface area contributed by atoms with E-state index in [9.17, 15) is 4.79 Å². The van der Waals surface area contributed by atoms with Crippen molar-refractivity contribution in [3.63, 3.8) is 0 Å². The van der Waals surface area contributed by atoms with E-state index in [-0.39, 0.29) is 5.91 Å². The fourth-order valence-electron chi connectivity index (χ4n) is 2.86. The van der Waals surface area contributed by atoms with Crippen LogP contribution >= 0.6 is 0 Å². The number of rotatable bonds is 6. The zero-order valence-corrected chi connectivity index (χ0v) is 14.2. The van der Waals surface area contributed by atoms with Gasteiger partial charge in [-0.25, -0.2) is 0 Å². The molecule has 1 aromatic rings. The average Bonchev–Trinajstić information content (AvgIpc) is 2.53. The molecule has 1 fully saturated rings. The van der Waals surface area contributed by atoms with Gasteiger partial charge in [0, 0.05) is 38.3 Å². The smallest absolute Gasteiger partial charge is 0.253 e. The molecule has 4 heteroatoms. The Balaban J connectivity index is 1.87. The standard InChI is InChI=1S/C18H29N3O/c1-4-5-10-20-11-13-21(14-12-20)18(22)17-8-6-16(7-9-17)15-19(2)3/h6-9H,4-5,10-15H2,1-3H3. The van der Waals surface area contributed by atoms with Crippen molar-refractivity contribution in [1.82, 2.24) is 14.7 Å². The summed E-state index contributed by atoms with van der Waals surface area (Å²) in [5.74, 6) is 0.173. The highest BCUT2D eigenvalue weighted by molar-refractivity contribution is 5.94. The van der Waals surface area contributed by atoms with E-state index >= 15 is 0 Å². The van der Waals surface area contributed by atoms with E-state index in [4.69, 9.17) is 0 Å². The van der Waals surface area contributed by atoms with Crippen molar-refractivity contribution in [2.24, 2.45) is 0 Å². The molecule has 2 rings (SSSR count). The summed E-state index contributed by atoms with van der Waals surface area (Å²) in [6, 6.07) is 8.05. The van der Waals surface area contributed by atoms with Gasteiger partial charge in [0.25, 0.3) is 5.91 Å². The van der Waals surface area contributed by atoms with Crippen LogP contribution in [0, 0.1) is 0 Å². The van der Waals surface area contributed by atoms with Crippen LogP contribution in [0.3, 0.4) is 0 Å². The van der Waals surface area contributed by atoms with Crippen molar-refractivity contribution in [3.05, 3.63) is 35.4 Å². The number of unbranched alkanes of at least 4 members (excludes halogenated alkanes) is 1. The topological polar surface area (TPSA) is 26.8 Å². The molecule has 0 radical (unpaired) electrons. The molecule has 0 spiro atoms. The van der Waals surface area contributed by atoms with Gasteiger partial charge in [0.2, 0.25) is 0 Å². The van der Waals surface area contributed by atoms with Crippen LogP contribution in [-0.2, 0) is 6.54 Å². The van der Waals surface area contributed by atoms with Gasteiger partial charge in [-0.05, 0) is 44.8 Å². The number of hydrogen-bond acceptors (Lipinski definition) is 3. The Hall–Kier alpha value is -1.39. The monoisotopic (exact) mass is 303 g/mol. The largest absolute Gasteiger partial charge is 0.336 e. The predicted molar refractivity (Wildman–Crippen MR) is 91.1 cm³/mol. The molecule has 1 aromatic carbocycles. The average molecular weight is 303 g/mol. The molecule has 0 unspecified atom stereocenters. The molecule has 1 amide bonds. The molecule has 0 N–H and O–H groups in total. The van der Waals surface area contributed by atoms with Crippen LogP contribution in [0.25, 0.3) is 0 Å². The van der Waals surface area contributed by atoms with Gasteiger partial charge in [0.15, 0.2) is 0 Å². The minimum absolute atomic E-state index is 0.173. The summed E-state index contributed by atoms with van der Waals surface area (Å²) in [4.78, 5) is 19.1. The highest BCUT2D eigenvalue weighted by Gasteiger charge is 2.21. The van der Waals surface area contributed by atoms with Crippen molar-refractivity contribution in [2.45, 2.75) is 26.3 Å². The van der Waals surface area contributed by atoms with E-state index < -0.39 is 0 Å². The first-order valence-corrected chi connectivity index (χ1v) is 8.35. The minimum Gasteiger partial charge on any atom is -0.336 e. The second-order valence-corrected chi connectivity index (χ2v) is 6.42. The third kappa shape index (κ3) is 4.82. The maximum atomic E-state index is 12.6. The molecule has 0 bridgehead atoms. The lowest BCUT2D eigenvalue weighted by molar-refractivity contribution is 0.0635. The molecule has 0 saturated carbocycles. The number of benzene rings is 1. The van der Waals surface area contributed by atoms with E-state index in [2.05, 4.69) is 43.0 Å². The van der Waals surface area contributed by atoms with Gasteiger partial charge in [-0.2, -0.15) is 0 Å². The maximum absolute atomic E-state index is 12.6. The molecule has 0 aliphatic carbocycles. The number of hydrogen-bond donors (Lipinski definition) is 0. The molecular weight excluding hydrogens is 274 g/mol. The Labute approximate surface area is 134 Å². The van der Waals surface area contributed by atoms with Gasteiger partial charge in [0.05, 0.1) is 0 Å².